The van der Waals surface area contributed by atoms with Gasteiger partial charge in [0.25, 0.3) is 0 Å². The highest BCUT2D eigenvalue weighted by Gasteiger charge is 2.29. The number of benzene rings is 1. The number of nitrogens with two attached hydrogens (primary N) is 1. The van der Waals surface area contributed by atoms with Gasteiger partial charge in [0, 0.05) is 5.56 Å². The monoisotopic (exact) mass is 190 g/mol. The van der Waals surface area contributed by atoms with E-state index in [-0.39, 0.29) is 0 Å². The summed E-state index contributed by atoms with van der Waals surface area (Å²) in [7, 11) is 0. The lowest BCUT2D eigenvalue weighted by Crippen LogP contribution is -2.30. The minimum absolute atomic E-state index is 0.598. The van der Waals surface area contributed by atoms with Gasteiger partial charge in [-0.25, -0.2) is 4.79 Å². The average Bonchev–Trinajstić information content (AvgIpc) is 2.18. The van der Waals surface area contributed by atoms with Gasteiger partial charge in [-0.3, -0.25) is 0 Å². The van der Waals surface area contributed by atoms with Crippen LogP contribution in [0.15, 0.2) is 30.3 Å². The van der Waals surface area contributed by atoms with E-state index in [1.165, 1.54) is 6.92 Å². The van der Waals surface area contributed by atoms with Crippen LogP contribution in [-0.2, 0) is 10.3 Å². The molecule has 0 aromatic heterocycles. The van der Waals surface area contributed by atoms with Crippen molar-refractivity contribution in [1.29, 1.82) is 5.26 Å². The topological polar surface area (TPSA) is 76.1 Å². The van der Waals surface area contributed by atoms with Crippen LogP contribution in [0.1, 0.15) is 12.5 Å². The molecule has 0 spiro atoms. The summed E-state index contributed by atoms with van der Waals surface area (Å²) in [6.07, 6.45) is -0.960. The fourth-order valence-corrected chi connectivity index (χ4v) is 1.10. The van der Waals surface area contributed by atoms with Gasteiger partial charge < -0.3 is 10.5 Å². The molecule has 14 heavy (non-hydrogen) atoms. The van der Waals surface area contributed by atoms with Crippen molar-refractivity contribution in [2.45, 2.75) is 12.5 Å². The average molecular weight is 190 g/mol. The van der Waals surface area contributed by atoms with Gasteiger partial charge in [-0.05, 0) is 6.92 Å². The molecular formula is C10H10N2O2. The standard InChI is InChI=1S/C10H10N2O2/c1-10(7-11,14-9(12)13)8-5-3-2-4-6-8/h2-6H,1H3,(H2,12,13). The highest BCUT2D eigenvalue weighted by atomic mass is 16.6. The van der Waals surface area contributed by atoms with Crippen LogP contribution in [-0.4, -0.2) is 6.09 Å². The summed E-state index contributed by atoms with van der Waals surface area (Å²) < 4.78 is 4.75. The van der Waals surface area contributed by atoms with E-state index in [1.807, 2.05) is 12.1 Å². The Labute approximate surface area is 81.9 Å². The third-order valence-electron chi connectivity index (χ3n) is 1.84. The minimum Gasteiger partial charge on any atom is -0.424 e. The molecule has 2 N–H and O–H groups in total. The number of carbonyl (C=O) groups excluding carboxylic acids is 1. The Morgan fingerprint density at radius 2 is 2.07 bits per heavy atom. The molecule has 0 saturated heterocycles. The van der Waals surface area contributed by atoms with E-state index in [0.29, 0.717) is 5.56 Å². The SMILES string of the molecule is CC(C#N)(OC(N)=O)c1ccccc1. The van der Waals surface area contributed by atoms with Gasteiger partial charge in [-0.1, -0.05) is 30.3 Å². The molecule has 1 aromatic rings. The second-order valence-corrected chi connectivity index (χ2v) is 2.93. The molecule has 72 valence electrons. The number of hydrogen-bond donors (Lipinski definition) is 1. The fraction of sp³-hybridized carbons (Fsp3) is 0.200. The number of amides is 1. The number of primary amides is 1. The normalized spacial score (nSPS) is 13.7. The molecule has 0 fully saturated rings. The number of nitriles is 1. The Balaban J connectivity index is 3.03. The maximum Gasteiger partial charge on any atom is 0.406 e. The predicted molar refractivity (Wildman–Crippen MR) is 50.1 cm³/mol. The molecule has 0 aliphatic carbocycles. The van der Waals surface area contributed by atoms with Crippen molar-refractivity contribution in [2.24, 2.45) is 5.73 Å². The van der Waals surface area contributed by atoms with E-state index in [1.54, 1.807) is 24.3 Å². The molecule has 1 rings (SSSR count). The molecule has 0 aliphatic rings. The quantitative estimate of drug-likeness (QED) is 0.768. The number of nitrogens with zero attached hydrogens (tertiary/aromatic N) is 1. The maximum atomic E-state index is 10.6. The summed E-state index contributed by atoms with van der Waals surface area (Å²) in [6, 6.07) is 10.6. The van der Waals surface area contributed by atoms with E-state index in [4.69, 9.17) is 15.7 Å². The molecule has 4 nitrogen and oxygen atoms in total. The highest BCUT2D eigenvalue weighted by molar-refractivity contribution is 5.66. The lowest BCUT2D eigenvalue weighted by molar-refractivity contribution is 0.0708. The van der Waals surface area contributed by atoms with Crippen LogP contribution in [0.4, 0.5) is 4.79 Å². The number of rotatable bonds is 2. The van der Waals surface area contributed by atoms with Crippen LogP contribution in [0.2, 0.25) is 0 Å². The summed E-state index contributed by atoms with van der Waals surface area (Å²) in [5.74, 6) is 0. The molecule has 1 atom stereocenters. The Bertz CT molecular complexity index is 369. The highest BCUT2D eigenvalue weighted by Crippen LogP contribution is 2.23. The largest absolute Gasteiger partial charge is 0.424 e. The van der Waals surface area contributed by atoms with Crippen molar-refractivity contribution in [2.75, 3.05) is 0 Å². The molecule has 0 saturated carbocycles. The van der Waals surface area contributed by atoms with Gasteiger partial charge in [-0.2, -0.15) is 5.26 Å². The van der Waals surface area contributed by atoms with E-state index in [9.17, 15) is 4.79 Å². The van der Waals surface area contributed by atoms with Crippen molar-refractivity contribution in [3.05, 3.63) is 35.9 Å². The molecule has 0 heterocycles. The zero-order valence-electron chi connectivity index (χ0n) is 7.73. The number of carbonyl (C=O) groups is 1. The van der Waals surface area contributed by atoms with Gasteiger partial charge in [0.15, 0.2) is 0 Å². The first-order chi connectivity index (χ1) is 6.58. The first kappa shape index (κ1) is 10.1. The third-order valence-corrected chi connectivity index (χ3v) is 1.84. The summed E-state index contributed by atoms with van der Waals surface area (Å²) in [6.45, 7) is 1.49. The lowest BCUT2D eigenvalue weighted by Gasteiger charge is -2.20. The van der Waals surface area contributed by atoms with Crippen LogP contribution >= 0.6 is 0 Å². The smallest absolute Gasteiger partial charge is 0.406 e. The Morgan fingerprint density at radius 1 is 1.50 bits per heavy atom. The van der Waals surface area contributed by atoms with Crippen LogP contribution in [0, 0.1) is 11.3 Å². The molecule has 0 radical (unpaired) electrons. The lowest BCUT2D eigenvalue weighted by atomic mass is 9.98. The Morgan fingerprint density at radius 3 is 2.50 bits per heavy atom. The molecule has 1 aromatic carbocycles. The van der Waals surface area contributed by atoms with Crippen molar-refractivity contribution in [3.8, 4) is 6.07 Å². The Hall–Kier alpha value is -2.02. The molecular weight excluding hydrogens is 180 g/mol. The maximum absolute atomic E-state index is 10.6. The summed E-state index contributed by atoms with van der Waals surface area (Å²) in [4.78, 5) is 10.6. The summed E-state index contributed by atoms with van der Waals surface area (Å²) >= 11 is 0. The van der Waals surface area contributed by atoms with Crippen molar-refractivity contribution in [1.82, 2.24) is 0 Å². The van der Waals surface area contributed by atoms with Crippen LogP contribution in [0.3, 0.4) is 0 Å². The zero-order chi connectivity index (χ0) is 10.6. The van der Waals surface area contributed by atoms with E-state index < -0.39 is 11.7 Å². The Kier molecular flexibility index (Phi) is 2.73. The third kappa shape index (κ3) is 2.02. The minimum atomic E-state index is -1.31. The van der Waals surface area contributed by atoms with E-state index >= 15 is 0 Å². The first-order valence-electron chi connectivity index (χ1n) is 4.04. The van der Waals surface area contributed by atoms with Crippen molar-refractivity contribution < 1.29 is 9.53 Å². The fourth-order valence-electron chi connectivity index (χ4n) is 1.10. The predicted octanol–water partition coefficient (Wildman–Crippen LogP) is 1.52. The molecule has 1 amide bonds. The number of ether oxygens (including phenoxy) is 1. The van der Waals surface area contributed by atoms with Crippen molar-refractivity contribution >= 4 is 6.09 Å². The molecule has 1 unspecified atom stereocenters. The van der Waals surface area contributed by atoms with Crippen LogP contribution in [0.25, 0.3) is 0 Å². The molecule has 4 heteroatoms. The van der Waals surface area contributed by atoms with Gasteiger partial charge >= 0.3 is 6.09 Å². The second-order valence-electron chi connectivity index (χ2n) is 2.93. The van der Waals surface area contributed by atoms with Gasteiger partial charge in [0.05, 0.1) is 0 Å². The molecule has 0 aliphatic heterocycles. The second kappa shape index (κ2) is 3.79. The van der Waals surface area contributed by atoms with Gasteiger partial charge in [0.2, 0.25) is 5.60 Å². The van der Waals surface area contributed by atoms with Gasteiger partial charge in [-0.15, -0.1) is 0 Å². The first-order valence-corrected chi connectivity index (χ1v) is 4.04. The van der Waals surface area contributed by atoms with Crippen molar-refractivity contribution in [3.63, 3.8) is 0 Å². The van der Waals surface area contributed by atoms with E-state index in [0.717, 1.165) is 0 Å². The van der Waals surface area contributed by atoms with Crippen LogP contribution < -0.4 is 5.73 Å². The van der Waals surface area contributed by atoms with E-state index in [2.05, 4.69) is 0 Å². The zero-order valence-corrected chi connectivity index (χ0v) is 7.73. The van der Waals surface area contributed by atoms with Crippen LogP contribution in [0.5, 0.6) is 0 Å². The van der Waals surface area contributed by atoms with Gasteiger partial charge in [0.1, 0.15) is 6.07 Å². The number of hydrogen-bond acceptors (Lipinski definition) is 3. The summed E-state index contributed by atoms with van der Waals surface area (Å²) in [5, 5.41) is 8.90. The summed E-state index contributed by atoms with van der Waals surface area (Å²) in [5.41, 5.74) is 4.17. The molecule has 0 bridgehead atoms.